The molecule has 6 nitrogen and oxygen atoms in total. The standard InChI is InChI=1S/C12H17N3O3/c1-3-15-4-5-18-12(17-2)8-7-13-14-11(8)9(16)6-10(12)15/h6,8,11H,3-5,7H2,1-2H3/t8-,11+,12-/m0/s1. The van der Waals surface area contributed by atoms with Crippen LogP contribution in [0.15, 0.2) is 22.0 Å². The first-order chi connectivity index (χ1) is 8.73. The first kappa shape index (κ1) is 11.8. The van der Waals surface area contributed by atoms with Gasteiger partial charge in [-0.1, -0.05) is 0 Å². The summed E-state index contributed by atoms with van der Waals surface area (Å²) in [6.07, 6.45) is 1.62. The number of hydrogen-bond acceptors (Lipinski definition) is 6. The summed E-state index contributed by atoms with van der Waals surface area (Å²) in [4.78, 5) is 14.2. The van der Waals surface area contributed by atoms with Crippen molar-refractivity contribution >= 4 is 5.78 Å². The molecule has 98 valence electrons. The number of ether oxygens (including phenoxy) is 2. The van der Waals surface area contributed by atoms with Crippen LogP contribution in [0, 0.1) is 5.92 Å². The van der Waals surface area contributed by atoms with E-state index in [0.717, 1.165) is 18.8 Å². The molecule has 0 aromatic rings. The van der Waals surface area contributed by atoms with E-state index in [1.54, 1.807) is 13.2 Å². The summed E-state index contributed by atoms with van der Waals surface area (Å²) >= 11 is 0. The Labute approximate surface area is 106 Å². The fourth-order valence-corrected chi connectivity index (χ4v) is 3.06. The van der Waals surface area contributed by atoms with Gasteiger partial charge in [0.05, 0.1) is 24.8 Å². The molecule has 1 aliphatic carbocycles. The highest BCUT2D eigenvalue weighted by Gasteiger charge is 2.57. The molecule has 18 heavy (non-hydrogen) atoms. The monoisotopic (exact) mass is 251 g/mol. The van der Waals surface area contributed by atoms with Crippen LogP contribution in [-0.2, 0) is 14.3 Å². The summed E-state index contributed by atoms with van der Waals surface area (Å²) in [5, 5.41) is 8.03. The largest absolute Gasteiger partial charge is 0.368 e. The van der Waals surface area contributed by atoms with Crippen LogP contribution < -0.4 is 0 Å². The molecule has 2 aliphatic heterocycles. The van der Waals surface area contributed by atoms with Crippen LogP contribution in [0.2, 0.25) is 0 Å². The first-order valence-electron chi connectivity index (χ1n) is 6.29. The number of ketones is 1. The molecule has 3 rings (SSSR count). The van der Waals surface area contributed by atoms with Gasteiger partial charge in [0.15, 0.2) is 5.78 Å². The minimum atomic E-state index is -0.851. The average Bonchev–Trinajstić information content (AvgIpc) is 2.89. The molecule has 3 aliphatic rings. The molecular weight excluding hydrogens is 234 g/mol. The lowest BCUT2D eigenvalue weighted by Gasteiger charge is -2.49. The summed E-state index contributed by atoms with van der Waals surface area (Å²) in [5.41, 5.74) is 0.831. The van der Waals surface area contributed by atoms with Gasteiger partial charge in [-0.05, 0) is 6.92 Å². The smallest absolute Gasteiger partial charge is 0.217 e. The van der Waals surface area contributed by atoms with E-state index < -0.39 is 11.8 Å². The van der Waals surface area contributed by atoms with Gasteiger partial charge >= 0.3 is 0 Å². The molecule has 1 fully saturated rings. The van der Waals surface area contributed by atoms with Crippen molar-refractivity contribution in [2.45, 2.75) is 18.8 Å². The number of likely N-dealkylation sites (N-methyl/N-ethyl adjacent to an activating group) is 1. The van der Waals surface area contributed by atoms with Gasteiger partial charge in [0.2, 0.25) is 5.79 Å². The van der Waals surface area contributed by atoms with Crippen molar-refractivity contribution in [1.82, 2.24) is 4.90 Å². The molecule has 0 spiro atoms. The molecule has 0 radical (unpaired) electrons. The Morgan fingerprint density at radius 3 is 3.22 bits per heavy atom. The Bertz CT molecular complexity index is 434. The van der Waals surface area contributed by atoms with Crippen molar-refractivity contribution in [1.29, 1.82) is 0 Å². The number of nitrogens with zero attached hydrogens (tertiary/aromatic N) is 3. The second kappa shape index (κ2) is 4.13. The highest BCUT2D eigenvalue weighted by atomic mass is 16.7. The zero-order valence-electron chi connectivity index (χ0n) is 10.6. The number of hydrogen-bond donors (Lipinski definition) is 0. The van der Waals surface area contributed by atoms with Crippen molar-refractivity contribution in [3.8, 4) is 0 Å². The van der Waals surface area contributed by atoms with Gasteiger partial charge in [-0.25, -0.2) is 0 Å². The quantitative estimate of drug-likeness (QED) is 0.721. The van der Waals surface area contributed by atoms with Gasteiger partial charge in [-0.15, -0.1) is 0 Å². The summed E-state index contributed by atoms with van der Waals surface area (Å²) in [6.45, 7) is 4.76. The molecule has 0 saturated carbocycles. The molecule has 1 saturated heterocycles. The van der Waals surface area contributed by atoms with Crippen LogP contribution in [0.3, 0.4) is 0 Å². The Kier molecular flexibility index (Phi) is 2.71. The molecule has 0 N–H and O–H groups in total. The molecule has 0 unspecified atom stereocenters. The predicted octanol–water partition coefficient (Wildman–Crippen LogP) is 0.598. The van der Waals surface area contributed by atoms with Gasteiger partial charge in [-0.3, -0.25) is 4.79 Å². The lowest BCUT2D eigenvalue weighted by atomic mass is 9.80. The van der Waals surface area contributed by atoms with Gasteiger partial charge in [0, 0.05) is 26.3 Å². The Morgan fingerprint density at radius 1 is 1.67 bits per heavy atom. The minimum absolute atomic E-state index is 0.00729. The lowest BCUT2D eigenvalue weighted by Crippen LogP contribution is -2.60. The molecular formula is C12H17N3O3. The van der Waals surface area contributed by atoms with Crippen molar-refractivity contribution < 1.29 is 14.3 Å². The van der Waals surface area contributed by atoms with Crippen LogP contribution in [0.25, 0.3) is 0 Å². The van der Waals surface area contributed by atoms with Gasteiger partial charge in [0.25, 0.3) is 0 Å². The van der Waals surface area contributed by atoms with Crippen LogP contribution in [0.4, 0.5) is 0 Å². The van der Waals surface area contributed by atoms with Crippen molar-refractivity contribution in [3.05, 3.63) is 11.8 Å². The number of carbonyl (C=O) groups is 1. The van der Waals surface area contributed by atoms with E-state index in [-0.39, 0.29) is 11.7 Å². The fourth-order valence-electron chi connectivity index (χ4n) is 3.06. The van der Waals surface area contributed by atoms with Crippen molar-refractivity contribution in [3.63, 3.8) is 0 Å². The highest BCUT2D eigenvalue weighted by molar-refractivity contribution is 5.97. The molecule has 0 bridgehead atoms. The normalized spacial score (nSPS) is 38.4. The SMILES string of the molecule is CCN1CCO[C@]2(OC)C1=CC(=O)[C@@H]1N=NC[C@@H]12. The van der Waals surface area contributed by atoms with E-state index in [0.29, 0.717) is 13.2 Å². The molecule has 2 heterocycles. The maximum absolute atomic E-state index is 12.1. The summed E-state index contributed by atoms with van der Waals surface area (Å²) in [5.74, 6) is -0.978. The number of rotatable bonds is 2. The van der Waals surface area contributed by atoms with E-state index in [9.17, 15) is 4.79 Å². The molecule has 6 heteroatoms. The molecule has 3 atom stereocenters. The van der Waals surface area contributed by atoms with E-state index >= 15 is 0 Å². The Morgan fingerprint density at radius 2 is 2.50 bits per heavy atom. The predicted molar refractivity (Wildman–Crippen MR) is 63.0 cm³/mol. The van der Waals surface area contributed by atoms with E-state index in [1.807, 2.05) is 0 Å². The topological polar surface area (TPSA) is 63.5 Å². The highest BCUT2D eigenvalue weighted by Crippen LogP contribution is 2.44. The third kappa shape index (κ3) is 1.39. The number of carbonyl (C=O) groups excluding carboxylic acids is 1. The van der Waals surface area contributed by atoms with E-state index in [1.165, 1.54) is 0 Å². The number of methoxy groups -OCH3 is 1. The van der Waals surface area contributed by atoms with Gasteiger partial charge < -0.3 is 14.4 Å². The lowest BCUT2D eigenvalue weighted by molar-refractivity contribution is -0.256. The molecule has 0 aromatic heterocycles. The van der Waals surface area contributed by atoms with Crippen LogP contribution in [0.1, 0.15) is 6.92 Å². The first-order valence-corrected chi connectivity index (χ1v) is 6.29. The Balaban J connectivity index is 2.08. The average molecular weight is 251 g/mol. The zero-order valence-corrected chi connectivity index (χ0v) is 10.6. The number of azo groups is 1. The summed E-state index contributed by atoms with van der Waals surface area (Å²) in [7, 11) is 1.62. The second-order valence-corrected chi connectivity index (χ2v) is 4.72. The summed E-state index contributed by atoms with van der Waals surface area (Å²) < 4.78 is 11.6. The van der Waals surface area contributed by atoms with Crippen LogP contribution in [-0.4, -0.2) is 55.9 Å². The maximum atomic E-state index is 12.1. The van der Waals surface area contributed by atoms with Crippen molar-refractivity contribution in [2.24, 2.45) is 16.1 Å². The Hall–Kier alpha value is -1.27. The van der Waals surface area contributed by atoms with E-state index in [2.05, 4.69) is 22.1 Å². The second-order valence-electron chi connectivity index (χ2n) is 4.72. The minimum Gasteiger partial charge on any atom is -0.368 e. The molecule has 0 aromatic carbocycles. The number of morpholine rings is 1. The van der Waals surface area contributed by atoms with Gasteiger partial charge in [0.1, 0.15) is 6.04 Å². The summed E-state index contributed by atoms with van der Waals surface area (Å²) in [6, 6.07) is -0.439. The van der Waals surface area contributed by atoms with Gasteiger partial charge in [-0.2, -0.15) is 10.2 Å². The number of fused-ring (bicyclic) bond motifs is 3. The van der Waals surface area contributed by atoms with Crippen LogP contribution >= 0.6 is 0 Å². The van der Waals surface area contributed by atoms with E-state index in [4.69, 9.17) is 9.47 Å². The van der Waals surface area contributed by atoms with Crippen LogP contribution in [0.5, 0.6) is 0 Å². The fraction of sp³-hybridized carbons (Fsp3) is 0.750. The molecule has 0 amide bonds. The third-order valence-electron chi connectivity index (χ3n) is 3.98. The zero-order chi connectivity index (χ0) is 12.8. The van der Waals surface area contributed by atoms with Crippen molar-refractivity contribution in [2.75, 3.05) is 33.4 Å². The third-order valence-corrected chi connectivity index (χ3v) is 3.98. The maximum Gasteiger partial charge on any atom is 0.217 e.